The molecule has 6 aromatic rings. The number of fused-ring (bicyclic) bond motifs is 6. The maximum absolute atomic E-state index is 5.99. The van der Waals surface area contributed by atoms with E-state index in [4.69, 9.17) is 4.42 Å². The third-order valence-corrected chi connectivity index (χ3v) is 6.93. The van der Waals surface area contributed by atoms with Crippen LogP contribution in [0.2, 0.25) is 0 Å². The van der Waals surface area contributed by atoms with Gasteiger partial charge in [-0.25, -0.2) is 0 Å². The molecule has 5 heteroatoms. The van der Waals surface area contributed by atoms with Crippen molar-refractivity contribution in [2.45, 2.75) is 33.1 Å². The molecule has 185 valence electrons. The number of furan rings is 1. The fourth-order valence-corrected chi connectivity index (χ4v) is 5.11. The average Bonchev–Trinajstić information content (AvgIpc) is 3.39. The summed E-state index contributed by atoms with van der Waals surface area (Å²) in [6.07, 6.45) is 7.24. The van der Waals surface area contributed by atoms with Gasteiger partial charge in [-0.05, 0) is 41.4 Å². The minimum absolute atomic E-state index is 0. The molecule has 37 heavy (non-hydrogen) atoms. The fraction of sp³-hybridized carbons (Fsp3) is 0.156. The van der Waals surface area contributed by atoms with Gasteiger partial charge in [0.15, 0.2) is 0 Å². The molecule has 0 amide bonds. The predicted molar refractivity (Wildman–Crippen MR) is 144 cm³/mol. The Kier molecular flexibility index (Phi) is 6.53. The van der Waals surface area contributed by atoms with Gasteiger partial charge in [0.2, 0.25) is 0 Å². The van der Waals surface area contributed by atoms with Gasteiger partial charge in [0.25, 0.3) is 0 Å². The summed E-state index contributed by atoms with van der Waals surface area (Å²) >= 11 is 0. The van der Waals surface area contributed by atoms with E-state index in [0.717, 1.165) is 44.5 Å². The summed E-state index contributed by atoms with van der Waals surface area (Å²) in [7, 11) is 0. The number of pyridine rings is 3. The van der Waals surface area contributed by atoms with E-state index in [1.165, 1.54) is 22.3 Å². The van der Waals surface area contributed by atoms with Gasteiger partial charge in [0.1, 0.15) is 5.58 Å². The fourth-order valence-electron chi connectivity index (χ4n) is 5.11. The van der Waals surface area contributed by atoms with Crippen LogP contribution in [0.1, 0.15) is 36.1 Å². The molecular weight excluding hydrogens is 635 g/mol. The second-order valence-corrected chi connectivity index (χ2v) is 9.73. The van der Waals surface area contributed by atoms with Crippen molar-refractivity contribution < 1.29 is 24.5 Å². The van der Waals surface area contributed by atoms with Crippen LogP contribution in [0.5, 0.6) is 0 Å². The largest absolute Gasteiger partial charge is 0.499 e. The monoisotopic (exact) mass is 660 g/mol. The number of nitrogens with zero attached hydrogens (tertiary/aromatic N) is 3. The van der Waals surface area contributed by atoms with Gasteiger partial charge in [-0.1, -0.05) is 55.5 Å². The topological polar surface area (TPSA) is 51.8 Å². The van der Waals surface area contributed by atoms with Crippen LogP contribution in [0.4, 0.5) is 0 Å². The van der Waals surface area contributed by atoms with Crippen LogP contribution in [0.3, 0.4) is 0 Å². The van der Waals surface area contributed by atoms with Crippen molar-refractivity contribution in [3.8, 4) is 22.5 Å². The molecule has 2 aromatic carbocycles. The number of hydrogen-bond donors (Lipinski definition) is 0. The van der Waals surface area contributed by atoms with Crippen molar-refractivity contribution >= 4 is 21.9 Å². The Balaban J connectivity index is 0.000000151. The Morgan fingerprint density at radius 1 is 0.865 bits per heavy atom. The van der Waals surface area contributed by atoms with E-state index in [-0.39, 0.29) is 25.5 Å². The van der Waals surface area contributed by atoms with Crippen LogP contribution >= 0.6 is 0 Å². The van der Waals surface area contributed by atoms with Crippen LogP contribution < -0.4 is 0 Å². The minimum atomic E-state index is 0. The Morgan fingerprint density at radius 2 is 1.70 bits per heavy atom. The van der Waals surface area contributed by atoms with E-state index in [0.29, 0.717) is 0 Å². The van der Waals surface area contributed by atoms with Crippen molar-refractivity contribution in [1.29, 1.82) is 0 Å². The summed E-state index contributed by atoms with van der Waals surface area (Å²) in [6.45, 7) is 8.67. The van der Waals surface area contributed by atoms with E-state index in [9.17, 15) is 0 Å². The van der Waals surface area contributed by atoms with Crippen molar-refractivity contribution in [3.63, 3.8) is 0 Å². The van der Waals surface area contributed by atoms with Crippen LogP contribution in [0.15, 0.2) is 83.8 Å². The molecule has 1 aliphatic carbocycles. The van der Waals surface area contributed by atoms with Crippen LogP contribution in [0, 0.1) is 26.0 Å². The number of hydrogen-bond acceptors (Lipinski definition) is 4. The van der Waals surface area contributed by atoms with E-state index >= 15 is 0 Å². The summed E-state index contributed by atoms with van der Waals surface area (Å²) in [5.41, 5.74) is 10.7. The molecule has 0 N–H and O–H groups in total. The van der Waals surface area contributed by atoms with Crippen LogP contribution in [-0.4, -0.2) is 15.0 Å². The Labute approximate surface area is 230 Å². The molecular formula is C32H25IrN3O-2. The molecule has 4 aromatic heterocycles. The molecule has 1 aliphatic rings. The van der Waals surface area contributed by atoms with Crippen LogP contribution in [-0.2, 0) is 25.5 Å². The zero-order valence-electron chi connectivity index (χ0n) is 21.1. The molecule has 0 saturated carbocycles. The van der Waals surface area contributed by atoms with Gasteiger partial charge in [-0.15, -0.1) is 53.1 Å². The van der Waals surface area contributed by atoms with Crippen molar-refractivity contribution in [2.24, 2.45) is 0 Å². The SMILES string of the molecule is Cc1c[c-]c2c(c1)C(C)(C)c1cccnc1-2.Cc1cncc2oc3c(-c4ccccn4)[c-]ccc3c12.[Ir]. The van der Waals surface area contributed by atoms with Gasteiger partial charge in [-0.2, -0.15) is 0 Å². The quantitative estimate of drug-likeness (QED) is 0.170. The molecule has 1 radical (unpaired) electrons. The second-order valence-electron chi connectivity index (χ2n) is 9.73. The Hall–Kier alpha value is -3.66. The van der Waals surface area contributed by atoms with Gasteiger partial charge in [-0.3, -0.25) is 4.98 Å². The molecule has 0 unspecified atom stereocenters. The average molecular weight is 660 g/mol. The van der Waals surface area contributed by atoms with Crippen LogP contribution in [0.25, 0.3) is 44.5 Å². The van der Waals surface area contributed by atoms with Gasteiger partial charge in [0.05, 0.1) is 11.8 Å². The summed E-state index contributed by atoms with van der Waals surface area (Å²) in [4.78, 5) is 13.1. The summed E-state index contributed by atoms with van der Waals surface area (Å²) < 4.78 is 5.99. The maximum atomic E-state index is 5.99. The Bertz CT molecular complexity index is 1740. The second kappa shape index (κ2) is 9.66. The number of rotatable bonds is 1. The van der Waals surface area contributed by atoms with E-state index in [1.54, 1.807) is 12.4 Å². The van der Waals surface area contributed by atoms with E-state index < -0.39 is 0 Å². The standard InChI is InChI=1S/C17H11N2O.C15H14N.Ir/c1-11-9-18-10-15-16(11)13-6-4-5-12(17(13)20-15)14-7-2-3-8-19-14;1-10-6-7-11-13(9-10)15(2,3)12-5-4-8-16-14(11)12;/h2-4,6-10H,1H3;4-6,8-9H,1-3H3;/q2*-1;. The number of benzene rings is 2. The van der Waals surface area contributed by atoms with E-state index in [2.05, 4.69) is 60.0 Å². The molecule has 0 fully saturated rings. The molecule has 4 nitrogen and oxygen atoms in total. The van der Waals surface area contributed by atoms with Crippen molar-refractivity contribution in [1.82, 2.24) is 15.0 Å². The molecule has 0 aliphatic heterocycles. The molecule has 0 bridgehead atoms. The number of aromatic nitrogens is 3. The predicted octanol–water partition coefficient (Wildman–Crippen LogP) is 7.65. The maximum Gasteiger partial charge on any atom is 0.139 e. The third-order valence-electron chi connectivity index (χ3n) is 6.93. The van der Waals surface area contributed by atoms with Crippen molar-refractivity contribution in [2.75, 3.05) is 0 Å². The summed E-state index contributed by atoms with van der Waals surface area (Å²) in [5.74, 6) is 0. The van der Waals surface area contributed by atoms with Gasteiger partial charge < -0.3 is 14.4 Å². The van der Waals surface area contributed by atoms with Gasteiger partial charge in [0, 0.05) is 44.1 Å². The number of aryl methyl sites for hydroxylation is 2. The van der Waals surface area contributed by atoms with Gasteiger partial charge >= 0.3 is 0 Å². The zero-order chi connectivity index (χ0) is 24.9. The molecule has 7 rings (SSSR count). The first-order chi connectivity index (χ1) is 17.4. The zero-order valence-corrected chi connectivity index (χ0v) is 23.5. The third kappa shape index (κ3) is 4.18. The molecule has 0 atom stereocenters. The van der Waals surface area contributed by atoms with Crippen molar-refractivity contribution in [3.05, 3.63) is 114 Å². The first-order valence-corrected chi connectivity index (χ1v) is 12.0. The summed E-state index contributed by atoms with van der Waals surface area (Å²) in [5, 5.41) is 2.19. The Morgan fingerprint density at radius 3 is 2.51 bits per heavy atom. The summed E-state index contributed by atoms with van der Waals surface area (Å²) in [6, 6.07) is 24.9. The first-order valence-electron chi connectivity index (χ1n) is 12.0. The molecule has 0 saturated heterocycles. The molecule has 0 spiro atoms. The molecule has 4 heterocycles. The minimum Gasteiger partial charge on any atom is -0.499 e. The van der Waals surface area contributed by atoms with E-state index in [1.807, 2.05) is 61.8 Å². The first kappa shape index (κ1) is 25.0. The normalized spacial score (nSPS) is 12.9. The smallest absolute Gasteiger partial charge is 0.139 e.